The SMILES string of the molecule is CCNCc1ccncc1Oc1cccc(C)c1F. The van der Waals surface area contributed by atoms with Crippen LogP contribution in [0.1, 0.15) is 18.1 Å². The van der Waals surface area contributed by atoms with Gasteiger partial charge in [-0.25, -0.2) is 4.39 Å². The Morgan fingerprint density at radius 2 is 2.11 bits per heavy atom. The van der Waals surface area contributed by atoms with Crippen LogP contribution in [0.25, 0.3) is 0 Å². The van der Waals surface area contributed by atoms with Crippen molar-refractivity contribution >= 4 is 0 Å². The van der Waals surface area contributed by atoms with Crippen molar-refractivity contribution in [3.63, 3.8) is 0 Å². The van der Waals surface area contributed by atoms with Gasteiger partial charge in [-0.05, 0) is 31.2 Å². The first kappa shape index (κ1) is 13.5. The molecule has 0 aliphatic rings. The van der Waals surface area contributed by atoms with E-state index in [4.69, 9.17) is 4.74 Å². The molecule has 0 aliphatic heterocycles. The Balaban J connectivity index is 2.25. The first-order valence-electron chi connectivity index (χ1n) is 6.29. The number of ether oxygens (including phenoxy) is 1. The van der Waals surface area contributed by atoms with E-state index >= 15 is 0 Å². The van der Waals surface area contributed by atoms with Gasteiger partial charge in [0.1, 0.15) is 5.75 Å². The summed E-state index contributed by atoms with van der Waals surface area (Å²) in [6.45, 7) is 5.27. The Morgan fingerprint density at radius 3 is 2.89 bits per heavy atom. The van der Waals surface area contributed by atoms with Crippen LogP contribution >= 0.6 is 0 Å². The van der Waals surface area contributed by atoms with E-state index < -0.39 is 0 Å². The number of nitrogens with zero attached hydrogens (tertiary/aromatic N) is 1. The van der Waals surface area contributed by atoms with Crippen molar-refractivity contribution in [3.05, 3.63) is 53.6 Å². The van der Waals surface area contributed by atoms with Crippen molar-refractivity contribution in [2.24, 2.45) is 0 Å². The summed E-state index contributed by atoms with van der Waals surface area (Å²) in [6.07, 6.45) is 3.31. The molecule has 1 N–H and O–H groups in total. The average molecular weight is 260 g/mol. The fraction of sp³-hybridized carbons (Fsp3) is 0.267. The van der Waals surface area contributed by atoms with Crippen LogP contribution < -0.4 is 10.1 Å². The molecule has 2 aromatic rings. The third-order valence-corrected chi connectivity index (χ3v) is 2.81. The second-order valence-corrected chi connectivity index (χ2v) is 4.25. The summed E-state index contributed by atoms with van der Waals surface area (Å²) in [6, 6.07) is 6.97. The molecule has 0 amide bonds. The molecule has 0 atom stereocenters. The predicted octanol–water partition coefficient (Wildman–Crippen LogP) is 3.43. The van der Waals surface area contributed by atoms with Gasteiger partial charge in [-0.15, -0.1) is 0 Å². The van der Waals surface area contributed by atoms with Crippen LogP contribution in [0.2, 0.25) is 0 Å². The molecule has 1 aromatic heterocycles. The lowest BCUT2D eigenvalue weighted by atomic mass is 10.2. The molecule has 19 heavy (non-hydrogen) atoms. The normalized spacial score (nSPS) is 10.5. The lowest BCUT2D eigenvalue weighted by molar-refractivity contribution is 0.432. The van der Waals surface area contributed by atoms with Gasteiger partial charge in [0, 0.05) is 18.3 Å². The van der Waals surface area contributed by atoms with Gasteiger partial charge in [-0.3, -0.25) is 4.98 Å². The van der Waals surface area contributed by atoms with Crippen LogP contribution in [0.15, 0.2) is 36.7 Å². The zero-order valence-corrected chi connectivity index (χ0v) is 11.1. The Hall–Kier alpha value is -1.94. The fourth-order valence-electron chi connectivity index (χ4n) is 1.72. The van der Waals surface area contributed by atoms with Gasteiger partial charge < -0.3 is 10.1 Å². The van der Waals surface area contributed by atoms with Gasteiger partial charge in [0.05, 0.1) is 6.20 Å². The smallest absolute Gasteiger partial charge is 0.168 e. The predicted molar refractivity (Wildman–Crippen MR) is 72.8 cm³/mol. The molecule has 1 aromatic carbocycles. The molecule has 1 heterocycles. The van der Waals surface area contributed by atoms with E-state index in [2.05, 4.69) is 10.3 Å². The van der Waals surface area contributed by atoms with E-state index in [1.807, 2.05) is 13.0 Å². The summed E-state index contributed by atoms with van der Waals surface area (Å²) in [5.74, 6) is 0.472. The quantitative estimate of drug-likeness (QED) is 0.894. The number of aryl methyl sites for hydroxylation is 1. The Kier molecular flexibility index (Phi) is 4.47. The van der Waals surface area contributed by atoms with Crippen molar-refractivity contribution in [2.75, 3.05) is 6.54 Å². The van der Waals surface area contributed by atoms with Crippen molar-refractivity contribution in [1.29, 1.82) is 0 Å². The molecular weight excluding hydrogens is 243 g/mol. The molecule has 3 nitrogen and oxygen atoms in total. The van der Waals surface area contributed by atoms with Crippen LogP contribution in [0.4, 0.5) is 4.39 Å². The number of halogens is 1. The number of nitrogens with one attached hydrogen (secondary N) is 1. The van der Waals surface area contributed by atoms with Gasteiger partial charge in [0.15, 0.2) is 11.6 Å². The van der Waals surface area contributed by atoms with E-state index in [9.17, 15) is 4.39 Å². The molecule has 2 rings (SSSR count). The van der Waals surface area contributed by atoms with E-state index in [1.165, 1.54) is 0 Å². The summed E-state index contributed by atoms with van der Waals surface area (Å²) < 4.78 is 19.6. The summed E-state index contributed by atoms with van der Waals surface area (Å²) in [5.41, 5.74) is 1.52. The fourth-order valence-corrected chi connectivity index (χ4v) is 1.72. The second kappa shape index (κ2) is 6.29. The Bertz CT molecular complexity index is 558. The Labute approximate surface area is 112 Å². The third kappa shape index (κ3) is 3.29. The van der Waals surface area contributed by atoms with Crippen LogP contribution in [-0.4, -0.2) is 11.5 Å². The minimum Gasteiger partial charge on any atom is -0.452 e. The Morgan fingerprint density at radius 1 is 1.26 bits per heavy atom. The summed E-state index contributed by atoms with van der Waals surface area (Å²) in [5, 5.41) is 3.22. The molecule has 0 aliphatic carbocycles. The van der Waals surface area contributed by atoms with Gasteiger partial charge in [0.2, 0.25) is 0 Å². The zero-order valence-electron chi connectivity index (χ0n) is 11.1. The van der Waals surface area contributed by atoms with Gasteiger partial charge in [0.25, 0.3) is 0 Å². The molecular formula is C15H17FN2O. The maximum absolute atomic E-state index is 13.9. The monoisotopic (exact) mass is 260 g/mol. The average Bonchev–Trinajstić information content (AvgIpc) is 2.43. The maximum Gasteiger partial charge on any atom is 0.168 e. The maximum atomic E-state index is 13.9. The van der Waals surface area contributed by atoms with Crippen LogP contribution in [-0.2, 0) is 6.54 Å². The topological polar surface area (TPSA) is 34.2 Å². The highest BCUT2D eigenvalue weighted by Gasteiger charge is 2.09. The highest BCUT2D eigenvalue weighted by molar-refractivity contribution is 5.38. The van der Waals surface area contributed by atoms with Gasteiger partial charge in [-0.2, -0.15) is 0 Å². The standard InChI is InChI=1S/C15H17FN2O/c1-3-17-9-12-7-8-18-10-14(12)19-13-6-4-5-11(2)15(13)16/h4-8,10,17H,3,9H2,1-2H3. The molecule has 0 bridgehead atoms. The summed E-state index contributed by atoms with van der Waals surface area (Å²) >= 11 is 0. The largest absolute Gasteiger partial charge is 0.452 e. The van der Waals surface area contributed by atoms with Crippen LogP contribution in [0.3, 0.4) is 0 Å². The highest BCUT2D eigenvalue weighted by Crippen LogP contribution is 2.27. The van der Waals surface area contributed by atoms with E-state index in [0.29, 0.717) is 17.9 Å². The molecule has 4 heteroatoms. The minimum atomic E-state index is -0.333. The third-order valence-electron chi connectivity index (χ3n) is 2.81. The number of aromatic nitrogens is 1. The number of rotatable bonds is 5. The van der Waals surface area contributed by atoms with Crippen LogP contribution in [0.5, 0.6) is 11.5 Å². The number of benzene rings is 1. The first-order chi connectivity index (χ1) is 9.22. The molecule has 0 radical (unpaired) electrons. The van der Waals surface area contributed by atoms with E-state index in [1.54, 1.807) is 37.5 Å². The van der Waals surface area contributed by atoms with Crippen molar-refractivity contribution in [1.82, 2.24) is 10.3 Å². The highest BCUT2D eigenvalue weighted by atomic mass is 19.1. The molecule has 100 valence electrons. The van der Waals surface area contributed by atoms with Crippen LogP contribution in [0, 0.1) is 12.7 Å². The van der Waals surface area contributed by atoms with Gasteiger partial charge in [-0.1, -0.05) is 19.1 Å². The van der Waals surface area contributed by atoms with Crippen molar-refractivity contribution in [3.8, 4) is 11.5 Å². The number of hydrogen-bond acceptors (Lipinski definition) is 3. The summed E-state index contributed by atoms with van der Waals surface area (Å²) in [7, 11) is 0. The summed E-state index contributed by atoms with van der Waals surface area (Å²) in [4.78, 5) is 4.03. The zero-order chi connectivity index (χ0) is 13.7. The minimum absolute atomic E-state index is 0.228. The first-order valence-corrected chi connectivity index (χ1v) is 6.29. The lowest BCUT2D eigenvalue weighted by Crippen LogP contribution is -2.12. The van der Waals surface area contributed by atoms with Crippen molar-refractivity contribution in [2.45, 2.75) is 20.4 Å². The molecule has 0 saturated heterocycles. The van der Waals surface area contributed by atoms with E-state index in [-0.39, 0.29) is 11.6 Å². The molecule has 0 unspecified atom stereocenters. The molecule has 0 spiro atoms. The number of hydrogen-bond donors (Lipinski definition) is 1. The molecule has 0 fully saturated rings. The number of pyridine rings is 1. The lowest BCUT2D eigenvalue weighted by Gasteiger charge is -2.12. The van der Waals surface area contributed by atoms with Gasteiger partial charge >= 0.3 is 0 Å². The van der Waals surface area contributed by atoms with Crippen molar-refractivity contribution < 1.29 is 9.13 Å². The molecule has 0 saturated carbocycles. The van der Waals surface area contributed by atoms with E-state index in [0.717, 1.165) is 12.1 Å². The second-order valence-electron chi connectivity index (χ2n) is 4.25.